The zero-order chi connectivity index (χ0) is 19.1. The second kappa shape index (κ2) is 11.6. The molecule has 0 radical (unpaired) electrons. The number of rotatable bonds is 6. The van der Waals surface area contributed by atoms with Crippen LogP contribution in [-0.2, 0) is 9.53 Å². The fourth-order valence-electron chi connectivity index (χ4n) is 4.01. The van der Waals surface area contributed by atoms with E-state index in [0.29, 0.717) is 6.54 Å². The number of hydrogen-bond acceptors (Lipinski definition) is 5. The van der Waals surface area contributed by atoms with Crippen LogP contribution in [0.3, 0.4) is 0 Å². The van der Waals surface area contributed by atoms with Gasteiger partial charge in [-0.3, -0.25) is 14.7 Å². The molecule has 3 heterocycles. The lowest BCUT2D eigenvalue weighted by Gasteiger charge is -2.33. The number of carbonyl (C=O) groups excluding carboxylic acids is 1. The van der Waals surface area contributed by atoms with Crippen LogP contribution in [-0.4, -0.2) is 68.1 Å². The van der Waals surface area contributed by atoms with Crippen molar-refractivity contribution in [2.45, 2.75) is 38.6 Å². The van der Waals surface area contributed by atoms with Gasteiger partial charge in [-0.1, -0.05) is 0 Å². The molecule has 3 rings (SSSR count). The second-order valence-electron chi connectivity index (χ2n) is 7.25. The molecule has 2 fully saturated rings. The average molecular weight is 504 g/mol. The van der Waals surface area contributed by atoms with Crippen LogP contribution in [0, 0.1) is 5.92 Å². The van der Waals surface area contributed by atoms with Gasteiger partial charge in [0, 0.05) is 19.6 Å². The third-order valence-corrected chi connectivity index (χ3v) is 5.53. The largest absolute Gasteiger partial charge is 0.469 e. The SMILES string of the molecule is CCNC(=NCC(c1ccco1)N1CCCC1)N1CCC(C(=O)OC)CC1.I. The standard InChI is InChI=1S/C20H32N4O3.HI/c1-3-21-20(24-12-8-16(9-13-24)19(25)26-2)22-15-17(18-7-6-14-27-18)23-10-4-5-11-23;/h6-7,14,16-17H,3-5,8-13,15H2,1-2H3,(H,21,22);1H. The lowest BCUT2D eigenvalue weighted by molar-refractivity contribution is -0.146. The van der Waals surface area contributed by atoms with Gasteiger partial charge in [0.1, 0.15) is 5.76 Å². The molecule has 1 aromatic heterocycles. The zero-order valence-electron chi connectivity index (χ0n) is 16.9. The highest BCUT2D eigenvalue weighted by molar-refractivity contribution is 14.0. The van der Waals surface area contributed by atoms with Crippen molar-refractivity contribution in [3.05, 3.63) is 24.2 Å². The van der Waals surface area contributed by atoms with Gasteiger partial charge in [0.2, 0.25) is 0 Å². The van der Waals surface area contributed by atoms with Crippen LogP contribution in [0.15, 0.2) is 27.8 Å². The number of nitrogens with zero attached hydrogens (tertiary/aromatic N) is 3. The molecule has 0 amide bonds. The molecule has 2 saturated heterocycles. The maximum Gasteiger partial charge on any atom is 0.308 e. The van der Waals surface area contributed by atoms with Gasteiger partial charge in [-0.25, -0.2) is 0 Å². The van der Waals surface area contributed by atoms with Crippen LogP contribution in [0.1, 0.15) is 44.4 Å². The number of furan rings is 1. The Morgan fingerprint density at radius 1 is 1.32 bits per heavy atom. The smallest absolute Gasteiger partial charge is 0.308 e. The minimum Gasteiger partial charge on any atom is -0.469 e. The molecule has 1 aromatic rings. The highest BCUT2D eigenvalue weighted by Crippen LogP contribution is 2.26. The molecule has 7 nitrogen and oxygen atoms in total. The lowest BCUT2D eigenvalue weighted by atomic mass is 9.97. The van der Waals surface area contributed by atoms with Crippen LogP contribution >= 0.6 is 24.0 Å². The number of carbonyl (C=O) groups is 1. The van der Waals surface area contributed by atoms with E-state index in [-0.39, 0.29) is 41.9 Å². The van der Waals surface area contributed by atoms with E-state index < -0.39 is 0 Å². The van der Waals surface area contributed by atoms with Crippen molar-refractivity contribution in [3.63, 3.8) is 0 Å². The summed E-state index contributed by atoms with van der Waals surface area (Å²) in [5.74, 6) is 1.83. The van der Waals surface area contributed by atoms with Crippen molar-refractivity contribution < 1.29 is 13.9 Å². The van der Waals surface area contributed by atoms with Crippen LogP contribution < -0.4 is 5.32 Å². The molecule has 1 unspecified atom stereocenters. The van der Waals surface area contributed by atoms with Gasteiger partial charge >= 0.3 is 5.97 Å². The third kappa shape index (κ3) is 5.85. The number of ether oxygens (including phenoxy) is 1. The summed E-state index contributed by atoms with van der Waals surface area (Å²) in [4.78, 5) is 21.4. The first kappa shape index (κ1) is 23.0. The van der Waals surface area contributed by atoms with Gasteiger partial charge in [-0.15, -0.1) is 24.0 Å². The fraction of sp³-hybridized carbons (Fsp3) is 0.700. The maximum absolute atomic E-state index is 11.8. The number of nitrogens with one attached hydrogen (secondary N) is 1. The number of esters is 1. The Hall–Kier alpha value is -1.29. The predicted molar refractivity (Wildman–Crippen MR) is 120 cm³/mol. The summed E-state index contributed by atoms with van der Waals surface area (Å²) >= 11 is 0. The molecule has 28 heavy (non-hydrogen) atoms. The van der Waals surface area contributed by atoms with E-state index in [1.165, 1.54) is 20.0 Å². The molecule has 0 aliphatic carbocycles. The summed E-state index contributed by atoms with van der Waals surface area (Å²) in [6.07, 6.45) is 5.84. The number of guanidine groups is 1. The van der Waals surface area contributed by atoms with Crippen molar-refractivity contribution in [1.29, 1.82) is 0 Å². The van der Waals surface area contributed by atoms with Crippen molar-refractivity contribution in [1.82, 2.24) is 15.1 Å². The summed E-state index contributed by atoms with van der Waals surface area (Å²) < 4.78 is 10.6. The van der Waals surface area contributed by atoms with E-state index in [1.54, 1.807) is 6.26 Å². The Kier molecular flexibility index (Phi) is 9.57. The molecule has 158 valence electrons. The molecule has 1 atom stereocenters. The van der Waals surface area contributed by atoms with E-state index in [2.05, 4.69) is 22.0 Å². The second-order valence-corrected chi connectivity index (χ2v) is 7.25. The van der Waals surface area contributed by atoms with Crippen molar-refractivity contribution >= 4 is 35.9 Å². The summed E-state index contributed by atoms with van der Waals surface area (Å²) in [6, 6.07) is 4.18. The van der Waals surface area contributed by atoms with Crippen LogP contribution in [0.25, 0.3) is 0 Å². The Morgan fingerprint density at radius 2 is 2.04 bits per heavy atom. The number of hydrogen-bond donors (Lipinski definition) is 1. The van der Waals surface area contributed by atoms with Crippen LogP contribution in [0.5, 0.6) is 0 Å². The number of halogens is 1. The van der Waals surface area contributed by atoms with E-state index in [9.17, 15) is 4.79 Å². The van der Waals surface area contributed by atoms with Crippen LogP contribution in [0.2, 0.25) is 0 Å². The topological polar surface area (TPSA) is 70.3 Å². The summed E-state index contributed by atoms with van der Waals surface area (Å²) in [5.41, 5.74) is 0. The van der Waals surface area contributed by atoms with Gasteiger partial charge in [0.15, 0.2) is 5.96 Å². The zero-order valence-corrected chi connectivity index (χ0v) is 19.3. The maximum atomic E-state index is 11.8. The summed E-state index contributed by atoms with van der Waals surface area (Å²) in [7, 11) is 1.47. The molecular formula is C20H33IN4O3. The van der Waals surface area contributed by atoms with Gasteiger partial charge in [-0.05, 0) is 57.8 Å². The summed E-state index contributed by atoms with van der Waals surface area (Å²) in [5, 5.41) is 3.41. The van der Waals surface area contributed by atoms with Crippen molar-refractivity contribution in [3.8, 4) is 0 Å². The lowest BCUT2D eigenvalue weighted by Crippen LogP contribution is -2.47. The Balaban J connectivity index is 0.00000280. The monoisotopic (exact) mass is 504 g/mol. The van der Waals surface area contributed by atoms with Gasteiger partial charge in [0.05, 0.1) is 31.9 Å². The Labute approximate surface area is 184 Å². The number of likely N-dealkylation sites (tertiary alicyclic amines) is 2. The minimum absolute atomic E-state index is 0. The molecule has 0 saturated carbocycles. The number of methoxy groups -OCH3 is 1. The number of piperidine rings is 1. The van der Waals surface area contributed by atoms with Gasteiger partial charge in [0.25, 0.3) is 0 Å². The molecule has 0 spiro atoms. The molecule has 0 bridgehead atoms. The molecule has 0 aromatic carbocycles. The normalized spacial score (nSPS) is 19.9. The molecule has 8 heteroatoms. The van der Waals surface area contributed by atoms with Crippen molar-refractivity contribution in [2.24, 2.45) is 10.9 Å². The fourth-order valence-corrected chi connectivity index (χ4v) is 4.01. The highest BCUT2D eigenvalue weighted by Gasteiger charge is 2.28. The Morgan fingerprint density at radius 3 is 2.61 bits per heavy atom. The molecular weight excluding hydrogens is 471 g/mol. The van der Waals surface area contributed by atoms with Gasteiger partial charge in [-0.2, -0.15) is 0 Å². The number of aliphatic imine (C=N–C) groups is 1. The summed E-state index contributed by atoms with van der Waals surface area (Å²) in [6.45, 7) is 7.42. The van der Waals surface area contributed by atoms with E-state index in [1.807, 2.05) is 12.1 Å². The van der Waals surface area contributed by atoms with E-state index in [4.69, 9.17) is 14.1 Å². The molecule has 2 aliphatic rings. The first-order chi connectivity index (χ1) is 13.2. The highest BCUT2D eigenvalue weighted by atomic mass is 127. The first-order valence-electron chi connectivity index (χ1n) is 10.1. The van der Waals surface area contributed by atoms with Gasteiger partial charge < -0.3 is 19.4 Å². The molecule has 1 N–H and O–H groups in total. The Bertz CT molecular complexity index is 609. The minimum atomic E-state index is -0.0940. The van der Waals surface area contributed by atoms with E-state index >= 15 is 0 Å². The molecule has 2 aliphatic heterocycles. The van der Waals surface area contributed by atoms with Crippen LogP contribution in [0.4, 0.5) is 0 Å². The average Bonchev–Trinajstić information content (AvgIpc) is 3.41. The quantitative estimate of drug-likeness (QED) is 0.278. The van der Waals surface area contributed by atoms with E-state index in [0.717, 1.165) is 57.3 Å². The predicted octanol–water partition coefficient (Wildman–Crippen LogP) is 2.89. The van der Waals surface area contributed by atoms with Crippen molar-refractivity contribution in [2.75, 3.05) is 46.4 Å². The third-order valence-electron chi connectivity index (χ3n) is 5.53. The first-order valence-corrected chi connectivity index (χ1v) is 10.1.